The second-order valence-electron chi connectivity index (χ2n) is 8.78. The molecule has 2 aliphatic rings. The monoisotopic (exact) mass is 521 g/mol. The number of fused-ring (bicyclic) bond motifs is 1. The van der Waals surface area contributed by atoms with Crippen LogP contribution >= 0.6 is 11.6 Å². The van der Waals surface area contributed by atoms with Crippen molar-refractivity contribution in [2.75, 3.05) is 11.4 Å². The summed E-state index contributed by atoms with van der Waals surface area (Å²) in [6.45, 7) is 0.00635. The van der Waals surface area contributed by atoms with Gasteiger partial charge in [-0.05, 0) is 43.0 Å². The van der Waals surface area contributed by atoms with Crippen LogP contribution in [0.15, 0.2) is 41.5 Å². The number of hydrogen-bond donors (Lipinski definition) is 2. The Bertz CT molecular complexity index is 1440. The molecule has 0 spiro atoms. The largest absolute Gasteiger partial charge is 0.408 e. The van der Waals surface area contributed by atoms with Crippen LogP contribution in [0.5, 0.6) is 0 Å². The van der Waals surface area contributed by atoms with Crippen LogP contribution in [0.25, 0.3) is 16.9 Å². The van der Waals surface area contributed by atoms with Gasteiger partial charge in [0.25, 0.3) is 5.91 Å². The molecule has 5 rings (SSSR count). The van der Waals surface area contributed by atoms with E-state index in [-0.39, 0.29) is 46.6 Å². The summed E-state index contributed by atoms with van der Waals surface area (Å²) in [5.41, 5.74) is -1.39. The van der Waals surface area contributed by atoms with E-state index in [2.05, 4.69) is 9.97 Å². The Morgan fingerprint density at radius 2 is 1.97 bits per heavy atom. The van der Waals surface area contributed by atoms with Gasteiger partial charge in [0, 0.05) is 12.4 Å². The molecule has 1 aliphatic carbocycles. The van der Waals surface area contributed by atoms with E-state index in [1.165, 1.54) is 33.9 Å². The molecule has 0 aromatic carbocycles. The molecule has 2 fully saturated rings. The number of nitrogens with one attached hydrogen (secondary N) is 1. The molecule has 188 valence electrons. The summed E-state index contributed by atoms with van der Waals surface area (Å²) in [4.78, 5) is 48.3. The topological polar surface area (TPSA) is 117 Å². The Kier molecular flexibility index (Phi) is 5.95. The van der Waals surface area contributed by atoms with Crippen molar-refractivity contribution in [3.05, 3.63) is 57.5 Å². The van der Waals surface area contributed by atoms with Crippen LogP contribution in [0.4, 0.5) is 19.0 Å². The van der Waals surface area contributed by atoms with Gasteiger partial charge in [-0.15, -0.1) is 0 Å². The maximum absolute atomic E-state index is 13.5. The quantitative estimate of drug-likeness (QED) is 0.533. The van der Waals surface area contributed by atoms with Crippen molar-refractivity contribution in [1.29, 1.82) is 0 Å². The van der Waals surface area contributed by atoms with Crippen molar-refractivity contribution in [2.24, 2.45) is 5.92 Å². The molecule has 1 saturated carbocycles. The van der Waals surface area contributed by atoms with Crippen molar-refractivity contribution >= 4 is 40.3 Å². The van der Waals surface area contributed by atoms with Gasteiger partial charge in [0.2, 0.25) is 11.3 Å². The van der Waals surface area contributed by atoms with E-state index in [1.807, 2.05) is 5.32 Å². The third kappa shape index (κ3) is 4.42. The maximum atomic E-state index is 13.5. The molecule has 1 aliphatic heterocycles. The first-order valence-electron chi connectivity index (χ1n) is 11.1. The van der Waals surface area contributed by atoms with Gasteiger partial charge in [-0.25, -0.2) is 9.97 Å². The molecule has 2 atom stereocenters. The van der Waals surface area contributed by atoms with Gasteiger partial charge in [0.1, 0.15) is 17.4 Å². The fraction of sp³-hybridized carbons (Fsp3) is 0.348. The number of pyridine rings is 3. The van der Waals surface area contributed by atoms with Crippen LogP contribution in [0.3, 0.4) is 0 Å². The van der Waals surface area contributed by atoms with Gasteiger partial charge < -0.3 is 10.4 Å². The average Bonchev–Trinajstić information content (AvgIpc) is 3.60. The third-order valence-electron chi connectivity index (χ3n) is 6.16. The highest BCUT2D eigenvalue weighted by Gasteiger charge is 2.50. The van der Waals surface area contributed by atoms with Gasteiger partial charge in [0.05, 0.1) is 29.5 Å². The molecule has 2 amide bonds. The summed E-state index contributed by atoms with van der Waals surface area (Å²) in [6, 6.07) is 3.68. The van der Waals surface area contributed by atoms with Crippen molar-refractivity contribution in [1.82, 2.24) is 19.9 Å². The Morgan fingerprint density at radius 3 is 2.58 bits per heavy atom. The highest BCUT2D eigenvalue weighted by Crippen LogP contribution is 2.40. The zero-order valence-electron chi connectivity index (χ0n) is 18.5. The third-order valence-corrected chi connectivity index (χ3v) is 6.46. The molecule has 13 heteroatoms. The molecular formula is C23H19ClF3N5O4. The first-order chi connectivity index (χ1) is 17.0. The first-order valence-corrected chi connectivity index (χ1v) is 11.5. The second kappa shape index (κ2) is 8.86. The van der Waals surface area contributed by atoms with Crippen LogP contribution in [-0.4, -0.2) is 56.3 Å². The van der Waals surface area contributed by atoms with E-state index in [0.717, 1.165) is 6.20 Å². The second-order valence-corrected chi connectivity index (χ2v) is 9.19. The number of β-amino-alcohol motifs (C(OH)–C–C–N with tert-alkyl or cyclic N) is 1. The average molecular weight is 522 g/mol. The van der Waals surface area contributed by atoms with Crippen molar-refractivity contribution in [3.63, 3.8) is 0 Å². The van der Waals surface area contributed by atoms with Gasteiger partial charge >= 0.3 is 6.18 Å². The zero-order valence-corrected chi connectivity index (χ0v) is 19.3. The lowest BCUT2D eigenvalue weighted by Crippen LogP contribution is -2.48. The van der Waals surface area contributed by atoms with Crippen molar-refractivity contribution < 1.29 is 27.9 Å². The number of anilines is 1. The smallest absolute Gasteiger partial charge is 0.391 e. The predicted octanol–water partition coefficient (Wildman–Crippen LogP) is 2.60. The molecule has 36 heavy (non-hydrogen) atoms. The molecule has 2 N–H and O–H groups in total. The Hall–Kier alpha value is -3.51. The maximum Gasteiger partial charge on any atom is 0.408 e. The fourth-order valence-electron chi connectivity index (χ4n) is 4.25. The molecule has 1 saturated heterocycles. The van der Waals surface area contributed by atoms with Crippen LogP contribution in [0.1, 0.15) is 29.6 Å². The minimum Gasteiger partial charge on any atom is -0.391 e. The Morgan fingerprint density at radius 1 is 1.22 bits per heavy atom. The summed E-state index contributed by atoms with van der Waals surface area (Å²) in [5, 5.41) is 11.8. The van der Waals surface area contributed by atoms with Crippen molar-refractivity contribution in [2.45, 2.75) is 37.6 Å². The number of nitrogens with zero attached hydrogens (tertiary/aromatic N) is 4. The summed E-state index contributed by atoms with van der Waals surface area (Å²) >= 11 is 6.30. The minimum atomic E-state index is -4.67. The number of alkyl halides is 3. The van der Waals surface area contributed by atoms with Crippen LogP contribution in [0.2, 0.25) is 5.02 Å². The normalized spacial score (nSPS) is 19.1. The van der Waals surface area contributed by atoms with Crippen molar-refractivity contribution in [3.8, 4) is 5.82 Å². The lowest BCUT2D eigenvalue weighted by atomic mass is 10.1. The van der Waals surface area contributed by atoms with Crippen LogP contribution in [-0.2, 0) is 4.79 Å². The number of hydrogen-bond acceptors (Lipinski definition) is 6. The molecule has 3 aromatic heterocycles. The predicted molar refractivity (Wildman–Crippen MR) is 123 cm³/mol. The zero-order chi connectivity index (χ0) is 25.8. The summed E-state index contributed by atoms with van der Waals surface area (Å²) in [7, 11) is 0. The van der Waals surface area contributed by atoms with Crippen LogP contribution < -0.4 is 15.6 Å². The molecule has 3 aromatic rings. The number of amides is 2. The van der Waals surface area contributed by atoms with Gasteiger partial charge in [-0.2, -0.15) is 13.2 Å². The summed E-state index contributed by atoms with van der Waals surface area (Å²) in [6.07, 6.45) is -2.52. The molecular weight excluding hydrogens is 503 g/mol. The first kappa shape index (κ1) is 24.2. The van der Waals surface area contributed by atoms with E-state index >= 15 is 0 Å². The highest BCUT2D eigenvalue weighted by atomic mass is 35.5. The van der Waals surface area contributed by atoms with E-state index in [9.17, 15) is 32.7 Å². The Labute approximate surface area is 206 Å². The van der Waals surface area contributed by atoms with E-state index in [4.69, 9.17) is 11.6 Å². The van der Waals surface area contributed by atoms with Crippen LogP contribution in [0, 0.1) is 5.92 Å². The lowest BCUT2D eigenvalue weighted by Gasteiger charge is -2.22. The molecule has 9 nitrogen and oxygen atoms in total. The van der Waals surface area contributed by atoms with Gasteiger partial charge in [-0.3, -0.25) is 23.9 Å². The number of halogens is 4. The minimum absolute atomic E-state index is 0.00635. The number of carbonyl (C=O) groups excluding carboxylic acids is 2. The van der Waals surface area contributed by atoms with E-state index < -0.39 is 41.1 Å². The molecule has 4 heterocycles. The SMILES string of the molecule is O=C(NC(C1CC1)C(F)(F)F)c1cn(-c2ncccc2Cl)c2nc(N3C[C@@H](O)CC3=O)ccc2c1=O. The summed E-state index contributed by atoms with van der Waals surface area (Å²) in [5.74, 6) is -2.07. The molecule has 0 radical (unpaired) electrons. The van der Waals surface area contributed by atoms with Gasteiger partial charge in [-0.1, -0.05) is 11.6 Å². The Balaban J connectivity index is 1.66. The molecule has 0 bridgehead atoms. The molecule has 1 unspecified atom stereocenters. The summed E-state index contributed by atoms with van der Waals surface area (Å²) < 4.78 is 41.7. The number of aliphatic hydroxyl groups excluding tert-OH is 1. The van der Waals surface area contributed by atoms with E-state index in [0.29, 0.717) is 12.8 Å². The highest BCUT2D eigenvalue weighted by molar-refractivity contribution is 6.32. The standard InChI is InChI=1S/C23H19ClF3N5O4/c24-15-2-1-7-28-21(15)32-10-14(22(36)30-19(11-3-4-11)23(25,26)27)18(35)13-5-6-16(29-20(13)32)31-9-12(33)8-17(31)34/h1-2,5-7,10-12,19,33H,3-4,8-9H2,(H,30,36)/t12-,19?/m0/s1. The number of aliphatic hydroxyl groups is 1. The number of carbonyl (C=O) groups is 2. The van der Waals surface area contributed by atoms with Gasteiger partial charge in [0.15, 0.2) is 11.5 Å². The fourth-order valence-corrected chi connectivity index (χ4v) is 4.46. The lowest BCUT2D eigenvalue weighted by molar-refractivity contribution is -0.158. The van der Waals surface area contributed by atoms with E-state index in [1.54, 1.807) is 6.07 Å². The number of aromatic nitrogens is 3. The number of rotatable bonds is 5.